The number of para-hydroxylation sites is 2. The number of hydrogen-bond donors (Lipinski definition) is 0. The first-order chi connectivity index (χ1) is 12.7. The highest BCUT2D eigenvalue weighted by atomic mass is 16.5. The first-order valence-corrected chi connectivity index (χ1v) is 8.92. The minimum atomic E-state index is 0.599. The molecule has 3 heteroatoms. The number of aromatic nitrogens is 2. The molecule has 0 aliphatic rings. The summed E-state index contributed by atoms with van der Waals surface area (Å²) in [5.74, 6) is 1.89. The first-order valence-electron chi connectivity index (χ1n) is 8.92. The van der Waals surface area contributed by atoms with E-state index in [-0.39, 0.29) is 0 Å². The molecule has 4 rings (SSSR count). The summed E-state index contributed by atoms with van der Waals surface area (Å²) in [5.41, 5.74) is 5.75. The predicted molar refractivity (Wildman–Crippen MR) is 107 cm³/mol. The van der Waals surface area contributed by atoms with Crippen molar-refractivity contribution in [3.05, 3.63) is 83.9 Å². The van der Waals surface area contributed by atoms with Gasteiger partial charge in [0.05, 0.1) is 17.6 Å². The van der Waals surface area contributed by atoms with Gasteiger partial charge in [0.2, 0.25) is 0 Å². The van der Waals surface area contributed by atoms with Gasteiger partial charge in [-0.15, -0.1) is 0 Å². The molecular weight excluding hydrogens is 320 g/mol. The van der Waals surface area contributed by atoms with Gasteiger partial charge in [-0.05, 0) is 44.2 Å². The van der Waals surface area contributed by atoms with Crippen LogP contribution in [0.25, 0.3) is 22.4 Å². The average molecular weight is 342 g/mol. The normalized spacial score (nSPS) is 11.0. The molecule has 26 heavy (non-hydrogen) atoms. The number of hydrogen-bond acceptors (Lipinski definition) is 2. The van der Waals surface area contributed by atoms with Crippen LogP contribution in [0.3, 0.4) is 0 Å². The molecule has 1 aromatic heterocycles. The van der Waals surface area contributed by atoms with Gasteiger partial charge in [-0.2, -0.15) is 0 Å². The molecule has 0 saturated heterocycles. The second-order valence-electron chi connectivity index (χ2n) is 6.61. The van der Waals surface area contributed by atoms with Crippen LogP contribution in [-0.2, 0) is 6.54 Å². The minimum absolute atomic E-state index is 0.599. The Kier molecular flexibility index (Phi) is 4.44. The number of benzene rings is 3. The summed E-state index contributed by atoms with van der Waals surface area (Å²) in [6, 6.07) is 24.9. The molecule has 0 fully saturated rings. The largest absolute Gasteiger partial charge is 0.492 e. The number of aryl methyl sites for hydroxylation is 2. The van der Waals surface area contributed by atoms with Gasteiger partial charge in [0.15, 0.2) is 0 Å². The van der Waals surface area contributed by atoms with Gasteiger partial charge in [0.1, 0.15) is 18.2 Å². The molecule has 0 aliphatic heterocycles. The first kappa shape index (κ1) is 16.4. The van der Waals surface area contributed by atoms with Gasteiger partial charge < -0.3 is 9.30 Å². The number of nitrogens with zero attached hydrogens (tertiary/aromatic N) is 2. The van der Waals surface area contributed by atoms with Crippen LogP contribution in [0.5, 0.6) is 5.75 Å². The van der Waals surface area contributed by atoms with Crippen molar-refractivity contribution in [1.82, 2.24) is 9.55 Å². The molecule has 0 radical (unpaired) electrons. The monoisotopic (exact) mass is 342 g/mol. The van der Waals surface area contributed by atoms with Gasteiger partial charge in [-0.1, -0.05) is 53.6 Å². The van der Waals surface area contributed by atoms with Crippen molar-refractivity contribution in [2.45, 2.75) is 20.4 Å². The van der Waals surface area contributed by atoms with E-state index in [4.69, 9.17) is 9.72 Å². The van der Waals surface area contributed by atoms with E-state index in [9.17, 15) is 0 Å². The maximum absolute atomic E-state index is 5.95. The van der Waals surface area contributed by atoms with E-state index in [2.05, 4.69) is 73.0 Å². The van der Waals surface area contributed by atoms with Crippen molar-refractivity contribution < 1.29 is 4.74 Å². The van der Waals surface area contributed by atoms with Crippen LogP contribution in [0.1, 0.15) is 11.1 Å². The third-order valence-electron chi connectivity index (χ3n) is 4.54. The van der Waals surface area contributed by atoms with Crippen LogP contribution in [0, 0.1) is 13.8 Å². The Morgan fingerprint density at radius 3 is 2.46 bits per heavy atom. The second kappa shape index (κ2) is 7.04. The lowest BCUT2D eigenvalue weighted by Crippen LogP contribution is -2.09. The molecular formula is C23H22N2O. The highest BCUT2D eigenvalue weighted by Crippen LogP contribution is 2.25. The Hall–Kier alpha value is -3.07. The van der Waals surface area contributed by atoms with Crippen molar-refractivity contribution in [3.63, 3.8) is 0 Å². The fraction of sp³-hybridized carbons (Fsp3) is 0.174. The zero-order valence-electron chi connectivity index (χ0n) is 15.1. The molecule has 3 nitrogen and oxygen atoms in total. The standard InChI is InChI=1S/C23H22N2O/c1-17-10-12-20(13-11-17)26-15-14-25-22-9-4-3-8-21(22)24-23(25)19-7-5-6-18(2)16-19/h3-13,16H,14-15H2,1-2H3. The van der Waals surface area contributed by atoms with Crippen molar-refractivity contribution in [3.8, 4) is 17.1 Å². The molecule has 1 heterocycles. The average Bonchev–Trinajstić information content (AvgIpc) is 3.02. The lowest BCUT2D eigenvalue weighted by Gasteiger charge is -2.11. The molecule has 0 saturated carbocycles. The molecule has 3 aromatic carbocycles. The third kappa shape index (κ3) is 3.33. The molecule has 0 spiro atoms. The molecule has 0 amide bonds. The maximum atomic E-state index is 5.95. The Morgan fingerprint density at radius 2 is 1.65 bits per heavy atom. The van der Waals surface area contributed by atoms with Crippen LogP contribution in [0.2, 0.25) is 0 Å². The summed E-state index contributed by atoms with van der Waals surface area (Å²) >= 11 is 0. The Bertz CT molecular complexity index is 1030. The van der Waals surface area contributed by atoms with Crippen molar-refractivity contribution in [2.75, 3.05) is 6.61 Å². The Balaban J connectivity index is 1.64. The van der Waals surface area contributed by atoms with Crippen molar-refractivity contribution >= 4 is 11.0 Å². The summed E-state index contributed by atoms with van der Waals surface area (Å²) in [4.78, 5) is 4.87. The number of imidazole rings is 1. The highest BCUT2D eigenvalue weighted by molar-refractivity contribution is 5.80. The molecule has 4 aromatic rings. The smallest absolute Gasteiger partial charge is 0.141 e. The van der Waals surface area contributed by atoms with E-state index in [0.29, 0.717) is 6.61 Å². The van der Waals surface area contributed by atoms with E-state index < -0.39 is 0 Å². The summed E-state index contributed by atoms with van der Waals surface area (Å²) < 4.78 is 8.20. The highest BCUT2D eigenvalue weighted by Gasteiger charge is 2.12. The van der Waals surface area contributed by atoms with E-state index in [1.807, 2.05) is 18.2 Å². The fourth-order valence-electron chi connectivity index (χ4n) is 3.20. The third-order valence-corrected chi connectivity index (χ3v) is 4.54. The van der Waals surface area contributed by atoms with Gasteiger partial charge in [0, 0.05) is 5.56 Å². The van der Waals surface area contributed by atoms with E-state index in [1.165, 1.54) is 11.1 Å². The van der Waals surface area contributed by atoms with Crippen molar-refractivity contribution in [1.29, 1.82) is 0 Å². The topological polar surface area (TPSA) is 27.1 Å². The molecule has 0 unspecified atom stereocenters. The van der Waals surface area contributed by atoms with Gasteiger partial charge >= 0.3 is 0 Å². The van der Waals surface area contributed by atoms with E-state index in [0.717, 1.165) is 34.7 Å². The van der Waals surface area contributed by atoms with E-state index in [1.54, 1.807) is 0 Å². The van der Waals surface area contributed by atoms with Crippen LogP contribution < -0.4 is 4.74 Å². The van der Waals surface area contributed by atoms with Crippen molar-refractivity contribution in [2.24, 2.45) is 0 Å². The quantitative estimate of drug-likeness (QED) is 0.485. The number of ether oxygens (including phenoxy) is 1. The van der Waals surface area contributed by atoms with Crippen LogP contribution >= 0.6 is 0 Å². The second-order valence-corrected chi connectivity index (χ2v) is 6.61. The summed E-state index contributed by atoms with van der Waals surface area (Å²) in [5, 5.41) is 0. The summed E-state index contributed by atoms with van der Waals surface area (Å²) in [7, 11) is 0. The Morgan fingerprint density at radius 1 is 0.846 bits per heavy atom. The number of rotatable bonds is 5. The molecule has 0 bridgehead atoms. The molecule has 130 valence electrons. The zero-order chi connectivity index (χ0) is 17.9. The lowest BCUT2D eigenvalue weighted by molar-refractivity contribution is 0.301. The molecule has 0 atom stereocenters. The van der Waals surface area contributed by atoms with Gasteiger partial charge in [0.25, 0.3) is 0 Å². The van der Waals surface area contributed by atoms with E-state index >= 15 is 0 Å². The van der Waals surface area contributed by atoms with Crippen LogP contribution in [-0.4, -0.2) is 16.2 Å². The maximum Gasteiger partial charge on any atom is 0.141 e. The molecule has 0 N–H and O–H groups in total. The fourth-order valence-corrected chi connectivity index (χ4v) is 3.20. The van der Waals surface area contributed by atoms with Gasteiger partial charge in [-0.3, -0.25) is 0 Å². The predicted octanol–water partition coefficient (Wildman–Crippen LogP) is 5.40. The summed E-state index contributed by atoms with van der Waals surface area (Å²) in [6.45, 7) is 5.53. The van der Waals surface area contributed by atoms with Gasteiger partial charge in [-0.25, -0.2) is 4.98 Å². The minimum Gasteiger partial charge on any atom is -0.492 e. The molecule has 0 aliphatic carbocycles. The zero-order valence-corrected chi connectivity index (χ0v) is 15.1. The summed E-state index contributed by atoms with van der Waals surface area (Å²) in [6.07, 6.45) is 0. The SMILES string of the molecule is Cc1ccc(OCCn2c(-c3cccc(C)c3)nc3ccccc32)cc1. The Labute approximate surface area is 153 Å². The van der Waals surface area contributed by atoms with Crippen LogP contribution in [0.4, 0.5) is 0 Å². The van der Waals surface area contributed by atoms with Crippen LogP contribution in [0.15, 0.2) is 72.8 Å². The number of fused-ring (bicyclic) bond motifs is 1. The lowest BCUT2D eigenvalue weighted by atomic mass is 10.1.